The molecule has 3 rings (SSSR count). The molecule has 0 aliphatic carbocycles. The predicted molar refractivity (Wildman–Crippen MR) is 91.4 cm³/mol. The number of pyridine rings is 1. The second kappa shape index (κ2) is 6.88. The van der Waals surface area contributed by atoms with Gasteiger partial charge in [0.25, 0.3) is 11.5 Å². The van der Waals surface area contributed by atoms with Crippen LogP contribution < -0.4 is 15.6 Å². The maximum absolute atomic E-state index is 12.9. The number of nitrogens with one attached hydrogen (secondary N) is 2. The van der Waals surface area contributed by atoms with E-state index in [1.807, 2.05) is 24.3 Å². The number of aryl methyl sites for hydroxylation is 1. The number of aromatic amines is 1. The third kappa shape index (κ3) is 3.19. The van der Waals surface area contributed by atoms with Crippen molar-refractivity contribution in [1.29, 1.82) is 0 Å². The van der Waals surface area contributed by atoms with Gasteiger partial charge in [-0.15, -0.1) is 0 Å². The largest absolute Gasteiger partial charge is 0.497 e. The molecule has 1 saturated heterocycles. The molecule has 1 aliphatic heterocycles. The summed E-state index contributed by atoms with van der Waals surface area (Å²) in [6, 6.07) is 10.9. The van der Waals surface area contributed by atoms with Crippen LogP contribution in [-0.2, 0) is 0 Å². The van der Waals surface area contributed by atoms with E-state index in [4.69, 9.17) is 4.74 Å². The molecule has 6 nitrogen and oxygen atoms in total. The van der Waals surface area contributed by atoms with Crippen LogP contribution in [0.25, 0.3) is 0 Å². The number of methoxy groups -OCH3 is 1. The molecule has 2 N–H and O–H groups in total. The molecule has 1 amide bonds. The van der Waals surface area contributed by atoms with Gasteiger partial charge in [-0.2, -0.15) is 0 Å². The van der Waals surface area contributed by atoms with Crippen LogP contribution in [0.2, 0.25) is 0 Å². The van der Waals surface area contributed by atoms with Crippen molar-refractivity contribution in [3.8, 4) is 5.75 Å². The molecule has 2 aromatic rings. The minimum Gasteiger partial charge on any atom is -0.497 e. The summed E-state index contributed by atoms with van der Waals surface area (Å²) in [5, 5.41) is 3.31. The molecular weight excluding hydrogens is 306 g/mol. The number of amides is 1. The molecular formula is C18H21N3O3. The maximum atomic E-state index is 12.9. The van der Waals surface area contributed by atoms with Crippen molar-refractivity contribution in [2.75, 3.05) is 26.7 Å². The topological polar surface area (TPSA) is 74.4 Å². The van der Waals surface area contributed by atoms with Gasteiger partial charge in [-0.25, -0.2) is 0 Å². The predicted octanol–water partition coefficient (Wildman–Crippen LogP) is 1.48. The Morgan fingerprint density at radius 1 is 1.21 bits per heavy atom. The number of hydrogen-bond acceptors (Lipinski definition) is 4. The van der Waals surface area contributed by atoms with E-state index in [2.05, 4.69) is 10.3 Å². The number of piperazine rings is 1. The third-order valence-corrected chi connectivity index (χ3v) is 4.29. The summed E-state index contributed by atoms with van der Waals surface area (Å²) in [5.41, 5.74) is 1.59. The van der Waals surface area contributed by atoms with Crippen molar-refractivity contribution < 1.29 is 9.53 Å². The number of H-pyrrole nitrogens is 1. The average molecular weight is 327 g/mol. The molecule has 1 aromatic heterocycles. The smallest absolute Gasteiger partial charge is 0.260 e. The maximum Gasteiger partial charge on any atom is 0.260 e. The fourth-order valence-electron chi connectivity index (χ4n) is 2.97. The van der Waals surface area contributed by atoms with Crippen molar-refractivity contribution in [2.45, 2.75) is 13.0 Å². The number of benzene rings is 1. The second-order valence-electron chi connectivity index (χ2n) is 5.88. The number of carbonyl (C=O) groups is 1. The lowest BCUT2D eigenvalue weighted by molar-refractivity contribution is 0.0632. The van der Waals surface area contributed by atoms with Crippen molar-refractivity contribution in [2.24, 2.45) is 0 Å². The van der Waals surface area contributed by atoms with Gasteiger partial charge in [-0.05, 0) is 36.8 Å². The molecule has 1 aliphatic rings. The number of aromatic nitrogens is 1. The number of ether oxygens (including phenoxy) is 1. The van der Waals surface area contributed by atoms with Crippen LogP contribution in [-0.4, -0.2) is 42.5 Å². The van der Waals surface area contributed by atoms with Crippen LogP contribution in [0.4, 0.5) is 0 Å². The molecule has 24 heavy (non-hydrogen) atoms. The van der Waals surface area contributed by atoms with Crippen LogP contribution in [0.5, 0.6) is 5.75 Å². The Bertz CT molecular complexity index is 783. The van der Waals surface area contributed by atoms with Gasteiger partial charge in [0.2, 0.25) is 0 Å². The van der Waals surface area contributed by atoms with Crippen molar-refractivity contribution >= 4 is 5.91 Å². The molecule has 126 valence electrons. The lowest BCUT2D eigenvalue weighted by atomic mass is 10.0. The summed E-state index contributed by atoms with van der Waals surface area (Å²) < 4.78 is 5.19. The SMILES string of the molecule is COc1ccc([C@@H]2CNCCN2C(=O)c2ccc(C)[nH]c2=O)cc1. The molecule has 0 bridgehead atoms. The first-order valence-corrected chi connectivity index (χ1v) is 7.95. The van der Waals surface area contributed by atoms with E-state index in [-0.39, 0.29) is 23.1 Å². The Kier molecular flexibility index (Phi) is 4.66. The number of hydrogen-bond donors (Lipinski definition) is 2. The first-order valence-electron chi connectivity index (χ1n) is 7.95. The number of nitrogens with zero attached hydrogens (tertiary/aromatic N) is 1. The summed E-state index contributed by atoms with van der Waals surface area (Å²) in [6.45, 7) is 3.72. The van der Waals surface area contributed by atoms with Gasteiger partial charge in [-0.1, -0.05) is 12.1 Å². The normalized spacial score (nSPS) is 17.6. The Hall–Kier alpha value is -2.60. The molecule has 2 heterocycles. The van der Waals surface area contributed by atoms with E-state index < -0.39 is 0 Å². The highest BCUT2D eigenvalue weighted by Gasteiger charge is 2.29. The molecule has 0 unspecified atom stereocenters. The van der Waals surface area contributed by atoms with Crippen molar-refractivity contribution in [1.82, 2.24) is 15.2 Å². The Morgan fingerprint density at radius 3 is 2.62 bits per heavy atom. The summed E-state index contributed by atoms with van der Waals surface area (Å²) in [5.74, 6) is 0.536. The Morgan fingerprint density at radius 2 is 1.96 bits per heavy atom. The lowest BCUT2D eigenvalue weighted by Gasteiger charge is -2.36. The van der Waals surface area contributed by atoms with E-state index in [0.29, 0.717) is 19.6 Å². The highest BCUT2D eigenvalue weighted by Crippen LogP contribution is 2.25. The molecule has 1 fully saturated rings. The Balaban J connectivity index is 1.91. The minimum absolute atomic E-state index is 0.113. The van der Waals surface area contributed by atoms with Crippen LogP contribution >= 0.6 is 0 Å². The average Bonchev–Trinajstić information content (AvgIpc) is 2.61. The second-order valence-corrected chi connectivity index (χ2v) is 5.88. The molecule has 0 radical (unpaired) electrons. The van der Waals surface area contributed by atoms with Gasteiger partial charge in [0.15, 0.2) is 0 Å². The minimum atomic E-state index is -0.341. The summed E-state index contributed by atoms with van der Waals surface area (Å²) in [6.07, 6.45) is 0. The highest BCUT2D eigenvalue weighted by molar-refractivity contribution is 5.94. The number of rotatable bonds is 3. The van der Waals surface area contributed by atoms with E-state index >= 15 is 0 Å². The van der Waals surface area contributed by atoms with Gasteiger partial charge in [0.05, 0.1) is 13.2 Å². The zero-order valence-electron chi connectivity index (χ0n) is 13.8. The van der Waals surface area contributed by atoms with Crippen LogP contribution in [0, 0.1) is 6.92 Å². The van der Waals surface area contributed by atoms with E-state index in [0.717, 1.165) is 17.0 Å². The first-order chi connectivity index (χ1) is 11.6. The standard InChI is InChI=1S/C18H21N3O3/c1-12-3-8-15(17(22)20-12)18(23)21-10-9-19-11-16(21)13-4-6-14(24-2)7-5-13/h3-8,16,19H,9-11H2,1-2H3,(H,20,22)/t16-/m0/s1. The van der Waals surface area contributed by atoms with Crippen molar-refractivity contribution in [3.05, 3.63) is 63.6 Å². The van der Waals surface area contributed by atoms with E-state index in [1.54, 1.807) is 31.1 Å². The fraction of sp³-hybridized carbons (Fsp3) is 0.333. The summed E-state index contributed by atoms with van der Waals surface area (Å²) >= 11 is 0. The highest BCUT2D eigenvalue weighted by atomic mass is 16.5. The van der Waals surface area contributed by atoms with Gasteiger partial charge in [0.1, 0.15) is 11.3 Å². The third-order valence-electron chi connectivity index (χ3n) is 4.29. The molecule has 1 aromatic carbocycles. The summed E-state index contributed by atoms with van der Waals surface area (Å²) in [7, 11) is 1.62. The molecule has 1 atom stereocenters. The lowest BCUT2D eigenvalue weighted by Crippen LogP contribution is -2.49. The monoisotopic (exact) mass is 327 g/mol. The quantitative estimate of drug-likeness (QED) is 0.895. The summed E-state index contributed by atoms with van der Waals surface area (Å²) in [4.78, 5) is 29.5. The zero-order valence-corrected chi connectivity index (χ0v) is 13.8. The van der Waals surface area contributed by atoms with E-state index in [1.165, 1.54) is 0 Å². The molecule has 6 heteroatoms. The van der Waals surface area contributed by atoms with Crippen LogP contribution in [0.1, 0.15) is 27.7 Å². The Labute approximate surface area is 140 Å². The fourth-order valence-corrected chi connectivity index (χ4v) is 2.97. The van der Waals surface area contributed by atoms with E-state index in [9.17, 15) is 9.59 Å². The zero-order chi connectivity index (χ0) is 17.1. The molecule has 0 saturated carbocycles. The van der Waals surface area contributed by atoms with Crippen LogP contribution in [0.15, 0.2) is 41.2 Å². The molecule has 0 spiro atoms. The van der Waals surface area contributed by atoms with Gasteiger partial charge >= 0.3 is 0 Å². The van der Waals surface area contributed by atoms with Gasteiger partial charge in [-0.3, -0.25) is 9.59 Å². The number of carbonyl (C=O) groups excluding carboxylic acids is 1. The van der Waals surface area contributed by atoms with Crippen LogP contribution in [0.3, 0.4) is 0 Å². The van der Waals surface area contributed by atoms with Gasteiger partial charge in [0, 0.05) is 25.3 Å². The first kappa shape index (κ1) is 16.3. The van der Waals surface area contributed by atoms with Gasteiger partial charge < -0.3 is 19.9 Å². The van der Waals surface area contributed by atoms with Crippen molar-refractivity contribution in [3.63, 3.8) is 0 Å².